The summed E-state index contributed by atoms with van der Waals surface area (Å²) in [7, 11) is 0. The van der Waals surface area contributed by atoms with E-state index in [1.165, 1.54) is 18.5 Å². The van der Waals surface area contributed by atoms with E-state index in [2.05, 4.69) is 39.1 Å². The van der Waals surface area contributed by atoms with Crippen LogP contribution in [0.1, 0.15) is 47.0 Å². The Balaban J connectivity index is 2.65. The van der Waals surface area contributed by atoms with E-state index in [9.17, 15) is 0 Å². The summed E-state index contributed by atoms with van der Waals surface area (Å²) in [4.78, 5) is 0. The Kier molecular flexibility index (Phi) is 3.83. The molecule has 1 heteroatoms. The Bertz CT molecular complexity index is 184. The van der Waals surface area contributed by atoms with E-state index < -0.39 is 0 Å². The van der Waals surface area contributed by atoms with Crippen LogP contribution in [-0.2, 0) is 0 Å². The number of rotatable bonds is 1. The van der Waals surface area contributed by atoms with Crippen LogP contribution in [0.3, 0.4) is 0 Å². The summed E-state index contributed by atoms with van der Waals surface area (Å²) in [6.07, 6.45) is 6.03. The van der Waals surface area contributed by atoms with Gasteiger partial charge in [0.2, 0.25) is 0 Å². The molecule has 0 amide bonds. The van der Waals surface area contributed by atoms with Crippen molar-refractivity contribution in [1.82, 2.24) is 5.32 Å². The maximum atomic E-state index is 3.60. The minimum Gasteiger partial charge on any atom is -0.386 e. The summed E-state index contributed by atoms with van der Waals surface area (Å²) >= 11 is 0. The molecular formula is C12H23N. The number of nitrogens with one attached hydrogen (secondary N) is 1. The molecule has 1 aliphatic heterocycles. The topological polar surface area (TPSA) is 12.0 Å². The first-order valence-corrected chi connectivity index (χ1v) is 5.59. The highest BCUT2D eigenvalue weighted by Gasteiger charge is 2.21. The lowest BCUT2D eigenvalue weighted by molar-refractivity contribution is 0.363. The van der Waals surface area contributed by atoms with Gasteiger partial charge in [0.15, 0.2) is 0 Å². The highest BCUT2D eigenvalue weighted by atomic mass is 14.9. The van der Waals surface area contributed by atoms with E-state index in [0.29, 0.717) is 6.04 Å². The third-order valence-corrected chi connectivity index (χ3v) is 3.12. The second kappa shape index (κ2) is 4.69. The lowest BCUT2D eigenvalue weighted by Crippen LogP contribution is -2.24. The van der Waals surface area contributed by atoms with Crippen LogP contribution in [0.5, 0.6) is 0 Å². The quantitative estimate of drug-likeness (QED) is 0.654. The Morgan fingerprint density at radius 1 is 1.31 bits per heavy atom. The van der Waals surface area contributed by atoms with Gasteiger partial charge >= 0.3 is 0 Å². The van der Waals surface area contributed by atoms with Crippen molar-refractivity contribution in [1.29, 1.82) is 0 Å². The smallest absolute Gasteiger partial charge is 0.0232 e. The fourth-order valence-corrected chi connectivity index (χ4v) is 2.16. The highest BCUT2D eigenvalue weighted by molar-refractivity contribution is 5.04. The van der Waals surface area contributed by atoms with Gasteiger partial charge in [0, 0.05) is 11.7 Å². The third kappa shape index (κ3) is 3.06. The van der Waals surface area contributed by atoms with Crippen molar-refractivity contribution in [3.8, 4) is 0 Å². The van der Waals surface area contributed by atoms with E-state index in [4.69, 9.17) is 0 Å². The van der Waals surface area contributed by atoms with Gasteiger partial charge in [-0.3, -0.25) is 0 Å². The second-order valence-corrected chi connectivity index (χ2v) is 4.58. The van der Waals surface area contributed by atoms with Gasteiger partial charge in [-0.25, -0.2) is 0 Å². The maximum absolute atomic E-state index is 3.60. The number of allylic oxidation sites excluding steroid dienone is 2. The Morgan fingerprint density at radius 3 is 2.62 bits per heavy atom. The first-order chi connectivity index (χ1) is 6.13. The van der Waals surface area contributed by atoms with Crippen molar-refractivity contribution in [3.05, 3.63) is 11.8 Å². The fraction of sp³-hybridized carbons (Fsp3) is 0.833. The van der Waals surface area contributed by atoms with Crippen molar-refractivity contribution in [2.75, 3.05) is 0 Å². The van der Waals surface area contributed by atoms with Crippen LogP contribution in [-0.4, -0.2) is 6.04 Å². The lowest BCUT2D eigenvalue weighted by atomic mass is 9.89. The van der Waals surface area contributed by atoms with Gasteiger partial charge in [0.05, 0.1) is 0 Å². The van der Waals surface area contributed by atoms with Crippen molar-refractivity contribution < 1.29 is 0 Å². The van der Waals surface area contributed by atoms with Crippen LogP contribution < -0.4 is 5.32 Å². The Labute approximate surface area is 82.6 Å². The monoisotopic (exact) mass is 181 g/mol. The highest BCUT2D eigenvalue weighted by Crippen LogP contribution is 2.26. The molecule has 0 aliphatic carbocycles. The van der Waals surface area contributed by atoms with Gasteiger partial charge in [-0.2, -0.15) is 0 Å². The average molecular weight is 181 g/mol. The third-order valence-electron chi connectivity index (χ3n) is 3.12. The van der Waals surface area contributed by atoms with E-state index >= 15 is 0 Å². The first kappa shape index (κ1) is 10.6. The second-order valence-electron chi connectivity index (χ2n) is 4.58. The van der Waals surface area contributed by atoms with Crippen molar-refractivity contribution >= 4 is 0 Å². The van der Waals surface area contributed by atoms with Crippen molar-refractivity contribution in [2.45, 2.75) is 53.0 Å². The van der Waals surface area contributed by atoms with Crippen LogP contribution in [0.15, 0.2) is 11.8 Å². The van der Waals surface area contributed by atoms with E-state index in [-0.39, 0.29) is 0 Å². The molecule has 1 aliphatic rings. The Morgan fingerprint density at radius 2 is 2.00 bits per heavy atom. The van der Waals surface area contributed by atoms with E-state index in [0.717, 1.165) is 18.3 Å². The molecule has 1 rings (SSSR count). The summed E-state index contributed by atoms with van der Waals surface area (Å²) in [5, 5.41) is 3.60. The summed E-state index contributed by atoms with van der Waals surface area (Å²) in [5.41, 5.74) is 1.46. The van der Waals surface area contributed by atoms with Gasteiger partial charge in [-0.15, -0.1) is 0 Å². The van der Waals surface area contributed by atoms with E-state index in [1.54, 1.807) is 0 Å². The molecule has 0 radical (unpaired) electrons. The molecule has 3 atom stereocenters. The molecule has 0 spiro atoms. The summed E-state index contributed by atoms with van der Waals surface area (Å²) in [6, 6.07) is 0.651. The molecule has 0 bridgehead atoms. The molecule has 1 saturated heterocycles. The molecule has 1 nitrogen and oxygen atoms in total. The molecule has 1 fully saturated rings. The molecule has 1 N–H and O–H groups in total. The molecule has 0 aromatic carbocycles. The molecule has 1 heterocycles. The van der Waals surface area contributed by atoms with Gasteiger partial charge in [-0.1, -0.05) is 26.8 Å². The summed E-state index contributed by atoms with van der Waals surface area (Å²) < 4.78 is 0. The lowest BCUT2D eigenvalue weighted by Gasteiger charge is -2.16. The van der Waals surface area contributed by atoms with Crippen LogP contribution >= 0.6 is 0 Å². The maximum Gasteiger partial charge on any atom is 0.0232 e. The average Bonchev–Trinajstić information content (AvgIpc) is 2.13. The minimum atomic E-state index is 0.651. The molecule has 2 unspecified atom stereocenters. The fourth-order valence-electron chi connectivity index (χ4n) is 2.16. The standard InChI is InChI=1S/C12H23N/c1-5-6-12-8-10(3)9(2)7-11(4)13-12/h6,9-11,13H,5,7-8H2,1-4H3/b12-6-/t9?,10?,11-/m0/s1. The van der Waals surface area contributed by atoms with Crippen LogP contribution in [0.4, 0.5) is 0 Å². The first-order valence-electron chi connectivity index (χ1n) is 5.59. The largest absolute Gasteiger partial charge is 0.386 e. The van der Waals surface area contributed by atoms with E-state index in [1.807, 2.05) is 0 Å². The predicted octanol–water partition coefficient (Wildman–Crippen LogP) is 3.32. The van der Waals surface area contributed by atoms with Gasteiger partial charge in [-0.05, 0) is 38.0 Å². The normalized spacial score (nSPS) is 38.5. The molecule has 0 aromatic heterocycles. The molecule has 13 heavy (non-hydrogen) atoms. The number of hydrogen-bond donors (Lipinski definition) is 1. The Hall–Kier alpha value is -0.460. The van der Waals surface area contributed by atoms with Crippen molar-refractivity contribution in [2.24, 2.45) is 11.8 Å². The molecule has 0 saturated carbocycles. The molecule has 0 aromatic rings. The molecular weight excluding hydrogens is 158 g/mol. The summed E-state index contributed by atoms with van der Waals surface area (Å²) in [6.45, 7) is 9.24. The number of hydrogen-bond acceptors (Lipinski definition) is 1. The van der Waals surface area contributed by atoms with Crippen LogP contribution in [0.2, 0.25) is 0 Å². The predicted molar refractivity (Wildman–Crippen MR) is 58.5 cm³/mol. The zero-order valence-corrected chi connectivity index (χ0v) is 9.43. The zero-order chi connectivity index (χ0) is 9.84. The van der Waals surface area contributed by atoms with Crippen LogP contribution in [0.25, 0.3) is 0 Å². The molecule has 76 valence electrons. The minimum absolute atomic E-state index is 0.651. The van der Waals surface area contributed by atoms with Gasteiger partial charge < -0.3 is 5.32 Å². The van der Waals surface area contributed by atoms with Crippen molar-refractivity contribution in [3.63, 3.8) is 0 Å². The van der Waals surface area contributed by atoms with Crippen LogP contribution in [0, 0.1) is 11.8 Å². The SMILES string of the molecule is CC/C=C1/CC(C)C(C)C[C@H](C)N1. The van der Waals surface area contributed by atoms with Gasteiger partial charge in [0.25, 0.3) is 0 Å². The zero-order valence-electron chi connectivity index (χ0n) is 9.43. The van der Waals surface area contributed by atoms with Gasteiger partial charge in [0.1, 0.15) is 0 Å². The summed E-state index contributed by atoms with van der Waals surface area (Å²) in [5.74, 6) is 1.68.